The number of rotatable bonds is 9. The molecule has 4 N–H and O–H groups in total. The highest BCUT2D eigenvalue weighted by atomic mass is 19.1. The summed E-state index contributed by atoms with van der Waals surface area (Å²) in [7, 11) is 0. The average Bonchev–Trinajstić information content (AvgIpc) is 3.53. The highest BCUT2D eigenvalue weighted by Gasteiger charge is 2.21. The van der Waals surface area contributed by atoms with Gasteiger partial charge in [-0.15, -0.1) is 0 Å². The molecule has 0 saturated heterocycles. The van der Waals surface area contributed by atoms with Gasteiger partial charge >= 0.3 is 0 Å². The number of anilines is 1. The molecule has 0 bridgehead atoms. The first kappa shape index (κ1) is 27.9. The number of nitrogens with one attached hydrogen (secondary N) is 2. The van der Waals surface area contributed by atoms with Crippen molar-refractivity contribution in [1.29, 1.82) is 0 Å². The third kappa shape index (κ3) is 6.15. The predicted octanol–water partition coefficient (Wildman–Crippen LogP) is 7.10. The molecule has 0 aliphatic carbocycles. The topological polar surface area (TPSA) is 95.3 Å². The van der Waals surface area contributed by atoms with Crippen molar-refractivity contribution in [2.24, 2.45) is 0 Å². The highest BCUT2D eigenvalue weighted by Crippen LogP contribution is 2.35. The van der Waals surface area contributed by atoms with E-state index in [0.717, 1.165) is 22.8 Å². The molecule has 198 valence electrons. The number of benzene rings is 2. The molecule has 0 spiro atoms. The van der Waals surface area contributed by atoms with Crippen molar-refractivity contribution in [1.82, 2.24) is 14.7 Å². The number of aromatic nitrogens is 3. The van der Waals surface area contributed by atoms with Crippen molar-refractivity contribution in [2.75, 3.05) is 5.32 Å². The van der Waals surface area contributed by atoms with Crippen LogP contribution in [0.15, 0.2) is 80.2 Å². The van der Waals surface area contributed by atoms with Gasteiger partial charge in [0.05, 0.1) is 23.1 Å². The Kier molecular flexibility index (Phi) is 9.16. The Morgan fingerprint density at radius 1 is 1.16 bits per heavy atom. The van der Waals surface area contributed by atoms with Crippen LogP contribution in [0.2, 0.25) is 0 Å². The number of allylic oxidation sites excluding steroid dienone is 2. The fourth-order valence-corrected chi connectivity index (χ4v) is 3.76. The van der Waals surface area contributed by atoms with Crippen LogP contribution in [0.4, 0.5) is 10.3 Å². The molecule has 0 amide bonds. The Balaban J connectivity index is 0.00000195. The van der Waals surface area contributed by atoms with Gasteiger partial charge in [0.1, 0.15) is 5.75 Å². The molecule has 7 nitrogen and oxygen atoms in total. The van der Waals surface area contributed by atoms with Gasteiger partial charge in [0.2, 0.25) is 5.95 Å². The molecule has 38 heavy (non-hydrogen) atoms. The largest absolute Gasteiger partial charge is 0.507 e. The second-order valence-electron chi connectivity index (χ2n) is 8.21. The predicted molar refractivity (Wildman–Crippen MR) is 151 cm³/mol. The normalized spacial score (nSPS) is 11.8. The van der Waals surface area contributed by atoms with Crippen LogP contribution in [-0.2, 0) is 0 Å². The average molecular weight is 517 g/mol. The van der Waals surface area contributed by atoms with E-state index in [9.17, 15) is 14.6 Å². The van der Waals surface area contributed by atoms with Gasteiger partial charge in [0.15, 0.2) is 17.7 Å². The van der Waals surface area contributed by atoms with Crippen molar-refractivity contribution in [3.05, 3.63) is 114 Å². The lowest BCUT2D eigenvalue weighted by molar-refractivity contribution is 0.0439. The SMILES string of the molecule is C=C/C(=C\c1c(C)ccn1OC(C)c1c(O)ccc(F)c1O)c1cnc(NC(=C)c2ccccc2)[nH]1.CC. The Morgan fingerprint density at radius 3 is 2.55 bits per heavy atom. The number of H-pyrrole nitrogens is 1. The van der Waals surface area contributed by atoms with Crippen LogP contribution in [0.3, 0.4) is 0 Å². The second kappa shape index (κ2) is 12.5. The summed E-state index contributed by atoms with van der Waals surface area (Å²) in [6.45, 7) is 15.5. The summed E-state index contributed by atoms with van der Waals surface area (Å²) in [6, 6.07) is 13.7. The molecule has 8 heteroatoms. The maximum atomic E-state index is 13.9. The number of halogens is 1. The molecule has 0 radical (unpaired) electrons. The molecular formula is C30H33FN4O3. The van der Waals surface area contributed by atoms with Crippen molar-refractivity contribution < 1.29 is 19.4 Å². The lowest BCUT2D eigenvalue weighted by Gasteiger charge is -2.19. The smallest absolute Gasteiger partial charge is 0.205 e. The maximum absolute atomic E-state index is 13.9. The summed E-state index contributed by atoms with van der Waals surface area (Å²) in [4.78, 5) is 13.6. The molecule has 4 aromatic rings. The van der Waals surface area contributed by atoms with Crippen LogP contribution in [0.25, 0.3) is 17.3 Å². The molecule has 0 saturated carbocycles. The molecular weight excluding hydrogens is 483 g/mol. The molecule has 4 rings (SSSR count). The third-order valence-electron chi connectivity index (χ3n) is 5.71. The lowest BCUT2D eigenvalue weighted by atomic mass is 10.1. The number of phenolic OH excluding ortho intramolecular Hbond substituents is 2. The van der Waals surface area contributed by atoms with Crippen molar-refractivity contribution in [2.45, 2.75) is 33.8 Å². The Labute approximate surface area is 222 Å². The lowest BCUT2D eigenvalue weighted by Crippen LogP contribution is -2.17. The molecule has 0 fully saturated rings. The first-order valence-corrected chi connectivity index (χ1v) is 12.2. The molecule has 2 heterocycles. The van der Waals surface area contributed by atoms with Crippen molar-refractivity contribution in [3.8, 4) is 11.5 Å². The molecule has 1 unspecified atom stereocenters. The Bertz CT molecular complexity index is 1440. The van der Waals surface area contributed by atoms with Crippen LogP contribution in [0, 0.1) is 12.7 Å². The van der Waals surface area contributed by atoms with Gasteiger partial charge < -0.3 is 25.4 Å². The first-order chi connectivity index (χ1) is 18.3. The fourth-order valence-electron chi connectivity index (χ4n) is 3.76. The summed E-state index contributed by atoms with van der Waals surface area (Å²) < 4.78 is 15.4. The van der Waals surface area contributed by atoms with Crippen LogP contribution in [0.1, 0.15) is 55.0 Å². The zero-order valence-corrected chi connectivity index (χ0v) is 22.0. The van der Waals surface area contributed by atoms with Gasteiger partial charge in [-0.1, -0.05) is 63.4 Å². The van der Waals surface area contributed by atoms with Crippen molar-refractivity contribution >= 4 is 23.3 Å². The molecule has 0 aliphatic rings. The van der Waals surface area contributed by atoms with E-state index in [-0.39, 0.29) is 11.3 Å². The number of hydrogen-bond donors (Lipinski definition) is 4. The second-order valence-corrected chi connectivity index (χ2v) is 8.21. The number of imidazole rings is 1. The Morgan fingerprint density at radius 2 is 1.87 bits per heavy atom. The van der Waals surface area contributed by atoms with E-state index in [1.54, 1.807) is 25.4 Å². The molecule has 1 atom stereocenters. The van der Waals surface area contributed by atoms with Gasteiger partial charge in [-0.25, -0.2) is 9.37 Å². The van der Waals surface area contributed by atoms with E-state index in [1.807, 2.05) is 63.2 Å². The van der Waals surface area contributed by atoms with Crippen LogP contribution < -0.4 is 10.2 Å². The standard InChI is InChI=1S/C28H27FN4O3.C2H6/c1-5-20(23-16-30-28(32-23)31-18(3)21-9-7-6-8-10-21)15-24-17(2)13-14-33(24)36-19(4)26-25(34)12-11-22(29)27(26)35;1-2/h5-16,19,34-35H,1,3H2,2,4H3,(H2,30,31,32);1-2H3/b20-15+;. The van der Waals surface area contributed by atoms with E-state index >= 15 is 0 Å². The highest BCUT2D eigenvalue weighted by molar-refractivity contribution is 5.86. The minimum Gasteiger partial charge on any atom is -0.507 e. The van der Waals surface area contributed by atoms with E-state index in [0.29, 0.717) is 23.0 Å². The van der Waals surface area contributed by atoms with Gasteiger partial charge in [-0.3, -0.25) is 0 Å². The van der Waals surface area contributed by atoms with Gasteiger partial charge in [-0.05, 0) is 49.2 Å². The van der Waals surface area contributed by atoms with E-state index < -0.39 is 17.7 Å². The first-order valence-electron chi connectivity index (χ1n) is 12.2. The summed E-state index contributed by atoms with van der Waals surface area (Å²) in [5.41, 5.74) is 4.69. The third-order valence-corrected chi connectivity index (χ3v) is 5.71. The summed E-state index contributed by atoms with van der Waals surface area (Å²) in [6.07, 6.45) is 6.09. The van der Waals surface area contributed by atoms with Gasteiger partial charge in [0, 0.05) is 17.5 Å². The minimum absolute atomic E-state index is 0.0387. The zero-order valence-electron chi connectivity index (χ0n) is 22.0. The molecule has 2 aromatic carbocycles. The molecule has 0 aliphatic heterocycles. The quantitative estimate of drug-likeness (QED) is 0.178. The van der Waals surface area contributed by atoms with Gasteiger partial charge in [0.25, 0.3) is 0 Å². The van der Waals surface area contributed by atoms with Gasteiger partial charge in [-0.2, -0.15) is 4.73 Å². The number of aryl methyl sites for hydroxylation is 1. The number of hydrogen-bond acceptors (Lipinski definition) is 5. The Hall–Kier alpha value is -4.72. The zero-order chi connectivity index (χ0) is 27.8. The summed E-state index contributed by atoms with van der Waals surface area (Å²) >= 11 is 0. The monoisotopic (exact) mass is 516 g/mol. The number of aromatic amines is 1. The fraction of sp³-hybridized carbons (Fsp3) is 0.167. The van der Waals surface area contributed by atoms with Crippen molar-refractivity contribution in [3.63, 3.8) is 0 Å². The summed E-state index contributed by atoms with van der Waals surface area (Å²) in [5.74, 6) is -1.22. The molecule has 2 aromatic heterocycles. The number of phenols is 2. The minimum atomic E-state index is -0.848. The van der Waals surface area contributed by atoms with E-state index in [2.05, 4.69) is 28.4 Å². The summed E-state index contributed by atoms with van der Waals surface area (Å²) in [5, 5.41) is 23.4. The maximum Gasteiger partial charge on any atom is 0.205 e. The van der Waals surface area contributed by atoms with Crippen LogP contribution >= 0.6 is 0 Å². The van der Waals surface area contributed by atoms with E-state index in [1.165, 1.54) is 10.8 Å². The van der Waals surface area contributed by atoms with Crippen LogP contribution in [-0.4, -0.2) is 24.9 Å². The number of aromatic hydroxyl groups is 2. The van der Waals surface area contributed by atoms with E-state index in [4.69, 9.17) is 4.84 Å². The number of nitrogens with zero attached hydrogens (tertiary/aromatic N) is 2. The van der Waals surface area contributed by atoms with Crippen LogP contribution in [0.5, 0.6) is 11.5 Å².